The van der Waals surface area contributed by atoms with Crippen LogP contribution in [0.1, 0.15) is 50.3 Å². The Hall–Kier alpha value is -2.74. The van der Waals surface area contributed by atoms with Crippen LogP contribution < -0.4 is 5.56 Å². The standard InChI is InChI=1S/C19H22N4O3S/c1-3-4-10-22-18(26)16(17(25)20-19(22)27)14-11-15(23(21-14)12(2)24)13-8-6-5-7-9-13/h5-9,15,26H,3-4,10-11H2,1-2H3,(H,20,25,27). The third-order valence-corrected chi connectivity index (χ3v) is 4.94. The van der Waals surface area contributed by atoms with Crippen LogP contribution in [0.15, 0.2) is 40.2 Å². The zero-order valence-corrected chi connectivity index (χ0v) is 16.1. The van der Waals surface area contributed by atoms with Crippen LogP contribution in [-0.4, -0.2) is 31.3 Å². The molecule has 1 atom stereocenters. The Balaban J connectivity index is 2.06. The average molecular weight is 386 g/mol. The van der Waals surface area contributed by atoms with Crippen molar-refractivity contribution in [1.29, 1.82) is 0 Å². The van der Waals surface area contributed by atoms with Gasteiger partial charge in [-0.1, -0.05) is 43.7 Å². The number of carbonyl (C=O) groups excluding carboxylic acids is 1. The number of benzene rings is 1. The minimum absolute atomic E-state index is 0.0735. The molecule has 2 heterocycles. The maximum Gasteiger partial charge on any atom is 0.264 e. The molecule has 8 heteroatoms. The summed E-state index contributed by atoms with van der Waals surface area (Å²) in [5, 5.41) is 16.4. The summed E-state index contributed by atoms with van der Waals surface area (Å²) < 4.78 is 1.68. The molecule has 1 unspecified atom stereocenters. The van der Waals surface area contributed by atoms with Gasteiger partial charge in [-0.05, 0) is 24.2 Å². The van der Waals surface area contributed by atoms with Gasteiger partial charge in [0.15, 0.2) is 4.77 Å². The van der Waals surface area contributed by atoms with Crippen LogP contribution >= 0.6 is 12.2 Å². The first-order chi connectivity index (χ1) is 12.9. The molecule has 1 aliphatic rings. The maximum atomic E-state index is 12.5. The summed E-state index contributed by atoms with van der Waals surface area (Å²) >= 11 is 5.18. The first-order valence-corrected chi connectivity index (χ1v) is 9.33. The quantitative estimate of drug-likeness (QED) is 0.773. The SMILES string of the molecule is CCCCn1c(O)c(C2=NN(C(C)=O)C(c3ccccc3)C2)c(=O)[nH]c1=S. The molecule has 0 bridgehead atoms. The van der Waals surface area contributed by atoms with Crippen molar-refractivity contribution < 1.29 is 9.90 Å². The third-order valence-electron chi connectivity index (χ3n) is 4.61. The van der Waals surface area contributed by atoms with Gasteiger partial charge in [0, 0.05) is 19.9 Å². The number of hydrazone groups is 1. The number of hydrogen-bond acceptors (Lipinski definition) is 5. The summed E-state index contributed by atoms with van der Waals surface area (Å²) in [6, 6.07) is 9.19. The van der Waals surface area contributed by atoms with Gasteiger partial charge in [-0.2, -0.15) is 5.10 Å². The van der Waals surface area contributed by atoms with E-state index < -0.39 is 5.56 Å². The highest BCUT2D eigenvalue weighted by atomic mass is 32.1. The summed E-state index contributed by atoms with van der Waals surface area (Å²) in [6.45, 7) is 3.96. The molecule has 1 aromatic heterocycles. The smallest absolute Gasteiger partial charge is 0.264 e. The minimum Gasteiger partial charge on any atom is -0.494 e. The van der Waals surface area contributed by atoms with Crippen LogP contribution in [0, 0.1) is 4.77 Å². The van der Waals surface area contributed by atoms with E-state index in [-0.39, 0.29) is 28.2 Å². The number of aromatic hydroxyl groups is 1. The zero-order chi connectivity index (χ0) is 19.6. The van der Waals surface area contributed by atoms with Gasteiger partial charge in [-0.25, -0.2) is 5.01 Å². The molecule has 0 saturated carbocycles. The molecule has 1 aliphatic heterocycles. The second-order valence-corrected chi connectivity index (χ2v) is 6.89. The van der Waals surface area contributed by atoms with E-state index in [4.69, 9.17) is 12.2 Å². The lowest BCUT2D eigenvalue weighted by atomic mass is 9.99. The number of unbranched alkanes of at least 4 members (excludes halogenated alkanes) is 1. The van der Waals surface area contributed by atoms with Crippen LogP contribution in [0.3, 0.4) is 0 Å². The number of rotatable bonds is 5. The van der Waals surface area contributed by atoms with Crippen LogP contribution in [-0.2, 0) is 11.3 Å². The summed E-state index contributed by atoms with van der Waals surface area (Å²) in [5.74, 6) is -0.429. The predicted molar refractivity (Wildman–Crippen MR) is 105 cm³/mol. The number of hydrogen-bond donors (Lipinski definition) is 2. The third kappa shape index (κ3) is 3.71. The molecule has 27 heavy (non-hydrogen) atoms. The van der Waals surface area contributed by atoms with E-state index in [2.05, 4.69) is 10.1 Å². The molecule has 0 spiro atoms. The Kier molecular flexibility index (Phi) is 5.55. The Labute approximate surface area is 162 Å². The van der Waals surface area contributed by atoms with Gasteiger partial charge in [-0.15, -0.1) is 0 Å². The topological polar surface area (TPSA) is 90.7 Å². The highest BCUT2D eigenvalue weighted by Gasteiger charge is 2.34. The number of carbonyl (C=O) groups is 1. The highest BCUT2D eigenvalue weighted by molar-refractivity contribution is 7.71. The Morgan fingerprint density at radius 1 is 1.37 bits per heavy atom. The fourth-order valence-electron chi connectivity index (χ4n) is 3.23. The number of nitrogens with zero attached hydrogens (tertiary/aromatic N) is 3. The van der Waals surface area contributed by atoms with E-state index in [9.17, 15) is 14.7 Å². The Morgan fingerprint density at radius 2 is 2.07 bits per heavy atom. The van der Waals surface area contributed by atoms with Gasteiger partial charge in [0.25, 0.3) is 5.56 Å². The zero-order valence-electron chi connectivity index (χ0n) is 15.3. The van der Waals surface area contributed by atoms with E-state index in [0.29, 0.717) is 18.7 Å². The van der Waals surface area contributed by atoms with Gasteiger partial charge in [0.05, 0.1) is 11.8 Å². The number of H-pyrrole nitrogens is 1. The van der Waals surface area contributed by atoms with Gasteiger partial charge in [0.2, 0.25) is 11.8 Å². The lowest BCUT2D eigenvalue weighted by molar-refractivity contribution is -0.130. The molecule has 2 N–H and O–H groups in total. The molecule has 0 radical (unpaired) electrons. The van der Waals surface area contributed by atoms with Crippen LogP contribution in [0.5, 0.6) is 5.88 Å². The van der Waals surface area contributed by atoms with Crippen LogP contribution in [0.4, 0.5) is 0 Å². The summed E-state index contributed by atoms with van der Waals surface area (Å²) in [7, 11) is 0. The fraction of sp³-hybridized carbons (Fsp3) is 0.368. The second kappa shape index (κ2) is 7.87. The van der Waals surface area contributed by atoms with Crippen LogP contribution in [0.2, 0.25) is 0 Å². The molecule has 3 rings (SSSR count). The van der Waals surface area contributed by atoms with E-state index in [0.717, 1.165) is 18.4 Å². The van der Waals surface area contributed by atoms with Gasteiger partial charge in [-0.3, -0.25) is 19.1 Å². The number of amides is 1. The van der Waals surface area contributed by atoms with Crippen LogP contribution in [0.25, 0.3) is 0 Å². The van der Waals surface area contributed by atoms with E-state index >= 15 is 0 Å². The van der Waals surface area contributed by atoms with Crippen molar-refractivity contribution in [3.63, 3.8) is 0 Å². The molecule has 2 aromatic rings. The number of nitrogens with one attached hydrogen (secondary N) is 1. The van der Waals surface area contributed by atoms with Crippen molar-refractivity contribution >= 4 is 23.8 Å². The maximum absolute atomic E-state index is 12.5. The van der Waals surface area contributed by atoms with E-state index in [1.165, 1.54) is 16.5 Å². The van der Waals surface area contributed by atoms with Crippen molar-refractivity contribution in [3.05, 3.63) is 56.6 Å². The average Bonchev–Trinajstić information content (AvgIpc) is 3.07. The lowest BCUT2D eigenvalue weighted by Crippen LogP contribution is -2.24. The molecule has 0 fully saturated rings. The molecule has 1 amide bonds. The summed E-state index contributed by atoms with van der Waals surface area (Å²) in [4.78, 5) is 27.2. The summed E-state index contributed by atoms with van der Waals surface area (Å²) in [5.41, 5.74) is 0.866. The molecule has 142 valence electrons. The van der Waals surface area contributed by atoms with Gasteiger partial charge < -0.3 is 5.11 Å². The second-order valence-electron chi connectivity index (χ2n) is 6.50. The van der Waals surface area contributed by atoms with E-state index in [1.54, 1.807) is 0 Å². The number of aromatic nitrogens is 2. The van der Waals surface area contributed by atoms with Crippen molar-refractivity contribution in [3.8, 4) is 5.88 Å². The normalized spacial score (nSPS) is 16.4. The Morgan fingerprint density at radius 3 is 2.70 bits per heavy atom. The molecular formula is C19H22N4O3S. The van der Waals surface area contributed by atoms with Gasteiger partial charge >= 0.3 is 0 Å². The lowest BCUT2D eigenvalue weighted by Gasteiger charge is -2.20. The molecule has 1 aromatic carbocycles. The highest BCUT2D eigenvalue weighted by Crippen LogP contribution is 2.33. The monoisotopic (exact) mass is 386 g/mol. The molecular weight excluding hydrogens is 364 g/mol. The van der Waals surface area contributed by atoms with Crippen molar-refractivity contribution in [2.45, 2.75) is 45.7 Å². The predicted octanol–water partition coefficient (Wildman–Crippen LogP) is 3.11. The largest absolute Gasteiger partial charge is 0.494 e. The van der Waals surface area contributed by atoms with Crippen molar-refractivity contribution in [2.24, 2.45) is 5.10 Å². The van der Waals surface area contributed by atoms with Crippen molar-refractivity contribution in [2.75, 3.05) is 0 Å². The molecule has 0 aliphatic carbocycles. The number of aromatic amines is 1. The first kappa shape index (κ1) is 19.0. The van der Waals surface area contributed by atoms with E-state index in [1.807, 2.05) is 37.3 Å². The fourth-order valence-corrected chi connectivity index (χ4v) is 3.50. The Bertz CT molecular complexity index is 994. The minimum atomic E-state index is -0.499. The molecule has 0 saturated heterocycles. The van der Waals surface area contributed by atoms with Crippen molar-refractivity contribution in [1.82, 2.24) is 14.6 Å². The summed E-state index contributed by atoms with van der Waals surface area (Å²) in [6.07, 6.45) is 2.07. The van der Waals surface area contributed by atoms with Gasteiger partial charge in [0.1, 0.15) is 5.56 Å². The molecule has 7 nitrogen and oxygen atoms in total. The first-order valence-electron chi connectivity index (χ1n) is 8.92.